The zero-order valence-corrected chi connectivity index (χ0v) is 15.4. The molecule has 0 aliphatic rings. The third-order valence-electron chi connectivity index (χ3n) is 3.24. The van der Waals surface area contributed by atoms with E-state index >= 15 is 0 Å². The Balaban J connectivity index is 1.91. The first-order valence-corrected chi connectivity index (χ1v) is 8.33. The van der Waals surface area contributed by atoms with E-state index in [9.17, 15) is 9.59 Å². The Morgan fingerprint density at radius 1 is 1.17 bits per heavy atom. The smallest absolute Gasteiger partial charge is 0.279 e. The van der Waals surface area contributed by atoms with Gasteiger partial charge in [0, 0.05) is 10.0 Å². The summed E-state index contributed by atoms with van der Waals surface area (Å²) in [6, 6.07) is 12.0. The minimum Gasteiger partial charge on any atom is -0.479 e. The Bertz CT molecular complexity index is 767. The fraction of sp³-hybridized carbons (Fsp3) is 0.176. The van der Waals surface area contributed by atoms with E-state index in [2.05, 4.69) is 26.8 Å². The van der Waals surface area contributed by atoms with Gasteiger partial charge in [-0.2, -0.15) is 0 Å². The van der Waals surface area contributed by atoms with E-state index < -0.39 is 17.9 Å². The molecule has 0 fully saturated rings. The second-order valence-corrected chi connectivity index (χ2v) is 6.36. The maximum atomic E-state index is 12.0. The van der Waals surface area contributed by atoms with Gasteiger partial charge in [-0.15, -0.1) is 0 Å². The minimum absolute atomic E-state index is 0.399. The Morgan fingerprint density at radius 3 is 2.54 bits per heavy atom. The molecule has 2 rings (SSSR count). The number of carbonyl (C=O) groups is 2. The lowest BCUT2D eigenvalue weighted by Gasteiger charge is -2.16. The van der Waals surface area contributed by atoms with Crippen LogP contribution in [-0.4, -0.2) is 17.9 Å². The molecule has 5 nitrogen and oxygen atoms in total. The molecule has 0 saturated heterocycles. The van der Waals surface area contributed by atoms with Gasteiger partial charge in [0.25, 0.3) is 11.8 Å². The largest absolute Gasteiger partial charge is 0.479 e. The number of hydrogen-bond acceptors (Lipinski definition) is 3. The van der Waals surface area contributed by atoms with Gasteiger partial charge >= 0.3 is 0 Å². The molecular formula is C17H16BrClN2O3. The van der Waals surface area contributed by atoms with Gasteiger partial charge in [-0.05, 0) is 43.7 Å². The topological polar surface area (TPSA) is 67.4 Å². The average molecular weight is 412 g/mol. The maximum absolute atomic E-state index is 12.0. The molecule has 0 aromatic heterocycles. The first-order chi connectivity index (χ1) is 11.4. The van der Waals surface area contributed by atoms with Crippen LogP contribution in [0.3, 0.4) is 0 Å². The molecule has 0 radical (unpaired) electrons. The molecule has 2 aromatic rings. The lowest BCUT2D eigenvalue weighted by atomic mass is 10.1. The number of carbonyl (C=O) groups excluding carboxylic acids is 2. The molecule has 0 spiro atoms. The van der Waals surface area contributed by atoms with E-state index in [0.29, 0.717) is 16.3 Å². The number of halogens is 2. The van der Waals surface area contributed by atoms with Gasteiger partial charge in [0.15, 0.2) is 6.10 Å². The van der Waals surface area contributed by atoms with E-state index in [0.717, 1.165) is 10.0 Å². The SMILES string of the molecule is Cc1ccc(C(=O)NNC(=O)C(C)Oc2ccccc2Cl)cc1Br. The number of para-hydroxylation sites is 1. The molecule has 0 aliphatic heterocycles. The quantitative estimate of drug-likeness (QED) is 0.755. The van der Waals surface area contributed by atoms with Gasteiger partial charge in [-0.1, -0.05) is 45.7 Å². The highest BCUT2D eigenvalue weighted by Gasteiger charge is 2.17. The normalized spacial score (nSPS) is 11.5. The van der Waals surface area contributed by atoms with Gasteiger partial charge < -0.3 is 4.74 Å². The van der Waals surface area contributed by atoms with E-state index in [-0.39, 0.29) is 0 Å². The summed E-state index contributed by atoms with van der Waals surface area (Å²) in [5.41, 5.74) is 6.12. The number of hydrogen-bond donors (Lipinski definition) is 2. The summed E-state index contributed by atoms with van der Waals surface area (Å²) in [6.07, 6.45) is -0.824. The number of rotatable bonds is 4. The minimum atomic E-state index is -0.824. The molecule has 24 heavy (non-hydrogen) atoms. The molecule has 126 valence electrons. The third kappa shape index (κ3) is 4.72. The first kappa shape index (κ1) is 18.3. The van der Waals surface area contributed by atoms with Crippen LogP contribution < -0.4 is 15.6 Å². The molecule has 0 heterocycles. The standard InChI is InChI=1S/C17H16BrClN2O3/c1-10-7-8-12(9-13(10)18)17(23)21-20-16(22)11(2)24-15-6-4-3-5-14(15)19/h3-9,11H,1-2H3,(H,20,22)(H,21,23). The second kappa shape index (κ2) is 8.17. The molecule has 2 N–H and O–H groups in total. The molecule has 1 atom stereocenters. The zero-order valence-electron chi connectivity index (χ0n) is 13.1. The number of amides is 2. The lowest BCUT2D eigenvalue weighted by Crippen LogP contribution is -2.47. The molecule has 1 unspecified atom stereocenters. The summed E-state index contributed by atoms with van der Waals surface area (Å²) >= 11 is 9.34. The monoisotopic (exact) mass is 410 g/mol. The Hall–Kier alpha value is -2.05. The van der Waals surface area contributed by atoms with Crippen LogP contribution in [0.1, 0.15) is 22.8 Å². The molecule has 0 aliphatic carbocycles. The van der Waals surface area contributed by atoms with Crippen molar-refractivity contribution in [2.24, 2.45) is 0 Å². The summed E-state index contributed by atoms with van der Waals surface area (Å²) in [5.74, 6) is -0.515. The molecule has 2 amide bonds. The summed E-state index contributed by atoms with van der Waals surface area (Å²) in [4.78, 5) is 24.1. The van der Waals surface area contributed by atoms with Crippen molar-refractivity contribution >= 4 is 39.3 Å². The van der Waals surface area contributed by atoms with Crippen LogP contribution in [0.5, 0.6) is 5.75 Å². The van der Waals surface area contributed by atoms with Crippen LogP contribution in [0.4, 0.5) is 0 Å². The Morgan fingerprint density at radius 2 is 1.88 bits per heavy atom. The molecule has 0 bridgehead atoms. The highest BCUT2D eigenvalue weighted by Crippen LogP contribution is 2.24. The van der Waals surface area contributed by atoms with Gasteiger partial charge in [0.1, 0.15) is 5.75 Å². The van der Waals surface area contributed by atoms with Crippen LogP contribution >= 0.6 is 27.5 Å². The molecule has 0 saturated carbocycles. The van der Waals surface area contributed by atoms with E-state index in [1.807, 2.05) is 13.0 Å². The Labute approximate surface area is 153 Å². The fourth-order valence-corrected chi connectivity index (χ4v) is 2.37. The lowest BCUT2D eigenvalue weighted by molar-refractivity contribution is -0.128. The van der Waals surface area contributed by atoms with E-state index in [1.165, 1.54) is 0 Å². The number of hydrazine groups is 1. The summed E-state index contributed by atoms with van der Waals surface area (Å²) in [7, 11) is 0. The van der Waals surface area contributed by atoms with Crippen molar-refractivity contribution in [1.29, 1.82) is 0 Å². The van der Waals surface area contributed by atoms with Gasteiger partial charge in [0.05, 0.1) is 5.02 Å². The van der Waals surface area contributed by atoms with Crippen molar-refractivity contribution in [3.63, 3.8) is 0 Å². The van der Waals surface area contributed by atoms with Gasteiger partial charge in [-0.25, -0.2) is 0 Å². The fourth-order valence-electron chi connectivity index (χ4n) is 1.81. The predicted molar refractivity (Wildman–Crippen MR) is 96.0 cm³/mol. The Kier molecular flexibility index (Phi) is 6.23. The molecule has 7 heteroatoms. The predicted octanol–water partition coefficient (Wildman–Crippen LogP) is 3.64. The highest BCUT2D eigenvalue weighted by molar-refractivity contribution is 9.10. The highest BCUT2D eigenvalue weighted by atomic mass is 79.9. The summed E-state index contributed by atoms with van der Waals surface area (Å²) in [6.45, 7) is 3.48. The van der Waals surface area contributed by atoms with Crippen LogP contribution in [0, 0.1) is 6.92 Å². The van der Waals surface area contributed by atoms with Crippen molar-refractivity contribution in [3.05, 3.63) is 63.1 Å². The molecule has 2 aromatic carbocycles. The van der Waals surface area contributed by atoms with Crippen molar-refractivity contribution in [2.45, 2.75) is 20.0 Å². The average Bonchev–Trinajstić information content (AvgIpc) is 2.56. The second-order valence-electron chi connectivity index (χ2n) is 5.10. The van der Waals surface area contributed by atoms with Crippen molar-refractivity contribution in [3.8, 4) is 5.75 Å². The molecular weight excluding hydrogens is 396 g/mol. The summed E-state index contributed by atoms with van der Waals surface area (Å²) < 4.78 is 6.29. The van der Waals surface area contributed by atoms with Crippen molar-refractivity contribution < 1.29 is 14.3 Å². The van der Waals surface area contributed by atoms with Crippen LogP contribution in [0.2, 0.25) is 5.02 Å². The zero-order chi connectivity index (χ0) is 17.7. The first-order valence-electron chi connectivity index (χ1n) is 7.16. The van der Waals surface area contributed by atoms with Crippen molar-refractivity contribution in [1.82, 2.24) is 10.9 Å². The van der Waals surface area contributed by atoms with Gasteiger partial charge in [0.2, 0.25) is 0 Å². The number of aryl methyl sites for hydroxylation is 1. The summed E-state index contributed by atoms with van der Waals surface area (Å²) in [5, 5.41) is 0.408. The number of ether oxygens (including phenoxy) is 1. The van der Waals surface area contributed by atoms with E-state index in [4.69, 9.17) is 16.3 Å². The van der Waals surface area contributed by atoms with Crippen molar-refractivity contribution in [2.75, 3.05) is 0 Å². The number of benzene rings is 2. The van der Waals surface area contributed by atoms with Gasteiger partial charge in [-0.3, -0.25) is 20.4 Å². The third-order valence-corrected chi connectivity index (χ3v) is 4.41. The van der Waals surface area contributed by atoms with E-state index in [1.54, 1.807) is 43.3 Å². The van der Waals surface area contributed by atoms with Crippen LogP contribution in [-0.2, 0) is 4.79 Å². The maximum Gasteiger partial charge on any atom is 0.279 e. The van der Waals surface area contributed by atoms with Crippen LogP contribution in [0.25, 0.3) is 0 Å². The van der Waals surface area contributed by atoms with Crippen LogP contribution in [0.15, 0.2) is 46.9 Å². The number of nitrogens with one attached hydrogen (secondary N) is 2.